The fourth-order valence-corrected chi connectivity index (χ4v) is 4.53. The van der Waals surface area contributed by atoms with Crippen molar-refractivity contribution in [3.8, 4) is 0 Å². The molecule has 1 aliphatic rings. The molecule has 0 bridgehead atoms. The van der Waals surface area contributed by atoms with E-state index >= 15 is 0 Å². The summed E-state index contributed by atoms with van der Waals surface area (Å²) in [7, 11) is -3.66. The van der Waals surface area contributed by atoms with Gasteiger partial charge in [0, 0.05) is 31.9 Å². The molecular weight excluding hydrogens is 390 g/mol. The highest BCUT2D eigenvalue weighted by molar-refractivity contribution is 7.89. The Morgan fingerprint density at radius 3 is 2.17 bits per heavy atom. The molecular formula is C21H23N3O4S. The van der Waals surface area contributed by atoms with Crippen LogP contribution in [0.1, 0.15) is 5.56 Å². The van der Waals surface area contributed by atoms with E-state index in [9.17, 15) is 18.0 Å². The van der Waals surface area contributed by atoms with Gasteiger partial charge in [-0.25, -0.2) is 8.42 Å². The molecule has 2 amide bonds. The Morgan fingerprint density at radius 1 is 0.966 bits per heavy atom. The number of piperazine rings is 1. The van der Waals surface area contributed by atoms with E-state index in [1.54, 1.807) is 4.90 Å². The third kappa shape index (κ3) is 5.10. The average Bonchev–Trinajstić information content (AvgIpc) is 2.75. The first-order chi connectivity index (χ1) is 13.9. The monoisotopic (exact) mass is 413 g/mol. The number of sulfonamides is 1. The Morgan fingerprint density at radius 2 is 1.59 bits per heavy atom. The first kappa shape index (κ1) is 20.8. The predicted octanol–water partition coefficient (Wildman–Crippen LogP) is 1.89. The van der Waals surface area contributed by atoms with E-state index < -0.39 is 10.0 Å². The minimum absolute atomic E-state index is 0.00411. The summed E-state index contributed by atoms with van der Waals surface area (Å²) in [5.41, 5.74) is 1.43. The van der Waals surface area contributed by atoms with Crippen molar-refractivity contribution in [2.45, 2.75) is 11.3 Å². The van der Waals surface area contributed by atoms with Gasteiger partial charge < -0.3 is 10.2 Å². The van der Waals surface area contributed by atoms with Crippen LogP contribution in [0.25, 0.3) is 0 Å². The molecule has 0 saturated carbocycles. The maximum Gasteiger partial charge on any atom is 0.247 e. The first-order valence-electron chi connectivity index (χ1n) is 9.25. The number of carbonyl (C=O) groups is 2. The molecule has 7 nitrogen and oxygen atoms in total. The van der Waals surface area contributed by atoms with Crippen molar-refractivity contribution in [2.24, 2.45) is 0 Å². The molecule has 2 aromatic rings. The Kier molecular flexibility index (Phi) is 6.46. The second kappa shape index (κ2) is 9.02. The van der Waals surface area contributed by atoms with Crippen LogP contribution in [-0.2, 0) is 26.0 Å². The van der Waals surface area contributed by atoms with Gasteiger partial charge in [-0.1, -0.05) is 36.9 Å². The Balaban J connectivity index is 1.60. The number of carbonyl (C=O) groups excluding carboxylic acids is 2. The zero-order valence-electron chi connectivity index (χ0n) is 16.0. The topological polar surface area (TPSA) is 86.8 Å². The van der Waals surface area contributed by atoms with Gasteiger partial charge in [0.05, 0.1) is 11.3 Å². The van der Waals surface area contributed by atoms with E-state index in [1.807, 2.05) is 30.3 Å². The second-order valence-electron chi connectivity index (χ2n) is 6.66. The predicted molar refractivity (Wildman–Crippen MR) is 111 cm³/mol. The van der Waals surface area contributed by atoms with E-state index in [2.05, 4.69) is 11.9 Å². The molecule has 1 heterocycles. The third-order valence-corrected chi connectivity index (χ3v) is 6.65. The van der Waals surface area contributed by atoms with Gasteiger partial charge in [0.2, 0.25) is 21.8 Å². The lowest BCUT2D eigenvalue weighted by atomic mass is 10.1. The second-order valence-corrected chi connectivity index (χ2v) is 8.60. The summed E-state index contributed by atoms with van der Waals surface area (Å²) >= 11 is 0. The smallest absolute Gasteiger partial charge is 0.247 e. The lowest BCUT2D eigenvalue weighted by Gasteiger charge is -2.34. The molecule has 8 heteroatoms. The number of hydrogen-bond donors (Lipinski definition) is 1. The lowest BCUT2D eigenvalue weighted by molar-refractivity contribution is -0.131. The average molecular weight is 413 g/mol. The van der Waals surface area contributed by atoms with Gasteiger partial charge in [0.1, 0.15) is 0 Å². The van der Waals surface area contributed by atoms with Crippen LogP contribution in [0.15, 0.2) is 72.1 Å². The molecule has 0 aliphatic carbocycles. The van der Waals surface area contributed by atoms with Gasteiger partial charge in [0.25, 0.3) is 0 Å². The molecule has 0 aromatic heterocycles. The number of nitrogens with zero attached hydrogens (tertiary/aromatic N) is 2. The fraction of sp³-hybridized carbons (Fsp3) is 0.238. The minimum atomic E-state index is -3.66. The summed E-state index contributed by atoms with van der Waals surface area (Å²) in [4.78, 5) is 25.6. The molecule has 1 aliphatic heterocycles. The van der Waals surface area contributed by atoms with Crippen LogP contribution in [0.5, 0.6) is 0 Å². The van der Waals surface area contributed by atoms with Crippen LogP contribution in [-0.4, -0.2) is 55.6 Å². The van der Waals surface area contributed by atoms with E-state index in [1.165, 1.54) is 28.6 Å². The summed E-state index contributed by atoms with van der Waals surface area (Å²) in [6, 6.07) is 15.5. The maximum atomic E-state index is 12.9. The van der Waals surface area contributed by atoms with Gasteiger partial charge in [-0.3, -0.25) is 9.59 Å². The van der Waals surface area contributed by atoms with Crippen LogP contribution < -0.4 is 5.32 Å². The van der Waals surface area contributed by atoms with Crippen molar-refractivity contribution in [2.75, 3.05) is 31.5 Å². The molecule has 0 unspecified atom stereocenters. The van der Waals surface area contributed by atoms with Gasteiger partial charge in [-0.2, -0.15) is 4.31 Å². The highest BCUT2D eigenvalue weighted by Crippen LogP contribution is 2.20. The van der Waals surface area contributed by atoms with Gasteiger partial charge >= 0.3 is 0 Å². The van der Waals surface area contributed by atoms with Crippen molar-refractivity contribution in [3.63, 3.8) is 0 Å². The van der Waals surface area contributed by atoms with Crippen LogP contribution in [0.3, 0.4) is 0 Å². The number of nitrogens with one attached hydrogen (secondary N) is 1. The van der Waals surface area contributed by atoms with Gasteiger partial charge in [-0.15, -0.1) is 0 Å². The van der Waals surface area contributed by atoms with Crippen molar-refractivity contribution in [1.29, 1.82) is 0 Å². The summed E-state index contributed by atoms with van der Waals surface area (Å²) in [5.74, 6) is -0.368. The lowest BCUT2D eigenvalue weighted by Crippen LogP contribution is -2.50. The zero-order chi connectivity index (χ0) is 20.9. The Hall–Kier alpha value is -2.97. The molecule has 0 radical (unpaired) electrons. The number of anilines is 1. The fourth-order valence-electron chi connectivity index (χ4n) is 3.11. The Bertz CT molecular complexity index is 980. The molecule has 2 aromatic carbocycles. The van der Waals surface area contributed by atoms with E-state index in [0.29, 0.717) is 25.2 Å². The molecule has 29 heavy (non-hydrogen) atoms. The largest absolute Gasteiger partial charge is 0.340 e. The number of rotatable bonds is 6. The SMILES string of the molecule is C=CC(=O)Nc1ccc(S(=O)(=O)N2CCN(C(=O)Cc3ccccc3)CC2)cc1. The Labute approximate surface area is 170 Å². The molecule has 1 saturated heterocycles. The standard InChI is InChI=1S/C21H23N3O4S/c1-2-20(25)22-18-8-10-19(11-9-18)29(27,28)24-14-12-23(13-15-24)21(26)16-17-6-4-3-5-7-17/h2-11H,1,12-16H2,(H,22,25). The van der Waals surface area contributed by atoms with Gasteiger partial charge in [0.15, 0.2) is 0 Å². The summed E-state index contributed by atoms with van der Waals surface area (Å²) in [6.45, 7) is 4.59. The molecule has 3 rings (SSSR count). The quantitative estimate of drug-likeness (QED) is 0.733. The normalized spacial score (nSPS) is 15.0. The summed E-state index contributed by atoms with van der Waals surface area (Å²) < 4.78 is 27.1. The van der Waals surface area contributed by atoms with Crippen molar-refractivity contribution < 1.29 is 18.0 Å². The third-order valence-electron chi connectivity index (χ3n) is 4.73. The molecule has 152 valence electrons. The summed E-state index contributed by atoms with van der Waals surface area (Å²) in [6.07, 6.45) is 1.45. The van der Waals surface area contributed by atoms with E-state index in [0.717, 1.165) is 11.6 Å². The van der Waals surface area contributed by atoms with Crippen molar-refractivity contribution in [3.05, 3.63) is 72.8 Å². The highest BCUT2D eigenvalue weighted by atomic mass is 32.2. The van der Waals surface area contributed by atoms with Crippen LogP contribution in [0, 0.1) is 0 Å². The van der Waals surface area contributed by atoms with Crippen molar-refractivity contribution >= 4 is 27.5 Å². The highest BCUT2D eigenvalue weighted by Gasteiger charge is 2.30. The van der Waals surface area contributed by atoms with E-state index in [4.69, 9.17) is 0 Å². The van der Waals surface area contributed by atoms with Crippen LogP contribution in [0.4, 0.5) is 5.69 Å². The molecule has 1 fully saturated rings. The number of amides is 2. The van der Waals surface area contributed by atoms with Crippen LogP contribution in [0.2, 0.25) is 0 Å². The first-order valence-corrected chi connectivity index (χ1v) is 10.7. The van der Waals surface area contributed by atoms with Crippen molar-refractivity contribution in [1.82, 2.24) is 9.21 Å². The zero-order valence-corrected chi connectivity index (χ0v) is 16.8. The van der Waals surface area contributed by atoms with E-state index in [-0.39, 0.29) is 29.8 Å². The molecule has 0 atom stereocenters. The maximum absolute atomic E-state index is 12.9. The van der Waals surface area contributed by atoms with Gasteiger partial charge in [-0.05, 0) is 35.9 Å². The number of hydrogen-bond acceptors (Lipinski definition) is 4. The van der Waals surface area contributed by atoms with Crippen LogP contribution >= 0.6 is 0 Å². The minimum Gasteiger partial charge on any atom is -0.340 e. The molecule has 1 N–H and O–H groups in total. The molecule has 0 spiro atoms. The number of benzene rings is 2. The summed E-state index contributed by atoms with van der Waals surface area (Å²) in [5, 5.41) is 2.58.